The van der Waals surface area contributed by atoms with Gasteiger partial charge in [-0.2, -0.15) is 0 Å². The van der Waals surface area contributed by atoms with E-state index in [2.05, 4.69) is 44.3 Å². The van der Waals surface area contributed by atoms with Gasteiger partial charge in [-0.3, -0.25) is 4.79 Å². The van der Waals surface area contributed by atoms with E-state index in [1.54, 1.807) is 0 Å². The van der Waals surface area contributed by atoms with E-state index in [9.17, 15) is 4.79 Å². The molecular weight excluding hydrogens is 346 g/mol. The van der Waals surface area contributed by atoms with Crippen molar-refractivity contribution in [3.63, 3.8) is 0 Å². The molecule has 1 amide bonds. The van der Waals surface area contributed by atoms with Crippen LogP contribution in [0.3, 0.4) is 0 Å². The molecule has 1 atom stereocenters. The van der Waals surface area contributed by atoms with Gasteiger partial charge in [-0.1, -0.05) is 73.2 Å². The summed E-state index contributed by atoms with van der Waals surface area (Å²) in [5.74, 6) is 0.481. The number of hydrogen-bond acceptors (Lipinski definition) is 2. The topological polar surface area (TPSA) is 38.3 Å². The van der Waals surface area contributed by atoms with Crippen LogP contribution in [0.5, 0.6) is 5.75 Å². The minimum Gasteiger partial charge on any atom is -0.488 e. The van der Waals surface area contributed by atoms with E-state index in [1.165, 1.54) is 11.1 Å². The van der Waals surface area contributed by atoms with Crippen LogP contribution < -0.4 is 10.1 Å². The van der Waals surface area contributed by atoms with Crippen LogP contribution in [-0.2, 0) is 6.61 Å². The number of hydrogen-bond donors (Lipinski definition) is 1. The van der Waals surface area contributed by atoms with Gasteiger partial charge < -0.3 is 10.1 Å². The van der Waals surface area contributed by atoms with Crippen molar-refractivity contribution in [2.75, 3.05) is 0 Å². The molecule has 3 nitrogen and oxygen atoms in total. The monoisotopic (exact) mass is 373 g/mol. The highest BCUT2D eigenvalue weighted by Gasteiger charge is 2.18. The molecule has 0 radical (unpaired) electrons. The van der Waals surface area contributed by atoms with Gasteiger partial charge in [0.2, 0.25) is 0 Å². The van der Waals surface area contributed by atoms with Crippen LogP contribution in [-0.4, -0.2) is 5.91 Å². The average Bonchev–Trinajstić information content (AvgIpc) is 2.72. The molecule has 28 heavy (non-hydrogen) atoms. The second-order valence-corrected chi connectivity index (χ2v) is 7.06. The van der Waals surface area contributed by atoms with Crippen LogP contribution in [0.25, 0.3) is 0 Å². The molecule has 144 valence electrons. The van der Waals surface area contributed by atoms with Gasteiger partial charge in [-0.25, -0.2) is 0 Å². The summed E-state index contributed by atoms with van der Waals surface area (Å²) in [6.45, 7) is 6.69. The predicted octanol–water partition coefficient (Wildman–Crippen LogP) is 5.76. The largest absolute Gasteiger partial charge is 0.488 e. The molecule has 3 rings (SSSR count). The van der Waals surface area contributed by atoms with Crippen molar-refractivity contribution in [1.82, 2.24) is 5.32 Å². The maximum atomic E-state index is 13.0. The van der Waals surface area contributed by atoms with E-state index in [-0.39, 0.29) is 11.9 Å². The van der Waals surface area contributed by atoms with Crippen LogP contribution in [0, 0.1) is 13.8 Å². The summed E-state index contributed by atoms with van der Waals surface area (Å²) in [6.07, 6.45) is 0.822. The third-order valence-electron chi connectivity index (χ3n) is 4.88. The fourth-order valence-corrected chi connectivity index (χ4v) is 3.37. The van der Waals surface area contributed by atoms with E-state index in [4.69, 9.17) is 4.74 Å². The third kappa shape index (κ3) is 4.80. The third-order valence-corrected chi connectivity index (χ3v) is 4.88. The first-order chi connectivity index (χ1) is 13.6. The fourth-order valence-electron chi connectivity index (χ4n) is 3.37. The lowest BCUT2D eigenvalue weighted by Gasteiger charge is -2.21. The van der Waals surface area contributed by atoms with Gasteiger partial charge in [0.15, 0.2) is 0 Å². The van der Waals surface area contributed by atoms with Crippen molar-refractivity contribution in [2.24, 2.45) is 0 Å². The van der Waals surface area contributed by atoms with E-state index in [1.807, 2.05) is 54.6 Å². The molecule has 0 aliphatic rings. The number of amides is 1. The molecule has 0 aliphatic heterocycles. The Morgan fingerprint density at radius 2 is 1.68 bits per heavy atom. The minimum absolute atomic E-state index is 0.0321. The number of nitrogens with one attached hydrogen (secondary N) is 1. The summed E-state index contributed by atoms with van der Waals surface area (Å²) in [5, 5.41) is 3.18. The summed E-state index contributed by atoms with van der Waals surface area (Å²) in [4.78, 5) is 13.0. The molecule has 0 fully saturated rings. The van der Waals surface area contributed by atoms with Gasteiger partial charge in [0.05, 0.1) is 11.6 Å². The standard InChI is InChI=1S/C25H27NO2/c1-4-23(21-15-14-18(2)16-19(21)3)26-25(27)22-12-8-9-13-24(22)28-17-20-10-6-5-7-11-20/h5-16,23H,4,17H2,1-3H3,(H,26,27)/t23-/m1/s1. The number of carbonyl (C=O) groups is 1. The molecule has 1 N–H and O–H groups in total. The Balaban J connectivity index is 1.76. The van der Waals surface area contributed by atoms with Crippen LogP contribution >= 0.6 is 0 Å². The van der Waals surface area contributed by atoms with Gasteiger partial charge in [0.1, 0.15) is 12.4 Å². The van der Waals surface area contributed by atoms with Crippen LogP contribution in [0.15, 0.2) is 72.8 Å². The zero-order valence-electron chi connectivity index (χ0n) is 16.7. The highest BCUT2D eigenvalue weighted by Crippen LogP contribution is 2.24. The van der Waals surface area contributed by atoms with Crippen molar-refractivity contribution in [2.45, 2.75) is 39.8 Å². The first-order valence-electron chi connectivity index (χ1n) is 9.72. The second kappa shape index (κ2) is 9.23. The van der Waals surface area contributed by atoms with Gasteiger partial charge >= 0.3 is 0 Å². The minimum atomic E-state index is -0.115. The Morgan fingerprint density at radius 1 is 0.964 bits per heavy atom. The van der Waals surface area contributed by atoms with Crippen molar-refractivity contribution in [1.29, 1.82) is 0 Å². The highest BCUT2D eigenvalue weighted by molar-refractivity contribution is 5.97. The molecule has 0 saturated carbocycles. The van der Waals surface area contributed by atoms with Crippen molar-refractivity contribution < 1.29 is 9.53 Å². The summed E-state index contributed by atoms with van der Waals surface area (Å²) in [5.41, 5.74) is 5.20. The zero-order valence-corrected chi connectivity index (χ0v) is 16.7. The lowest BCUT2D eigenvalue weighted by Crippen LogP contribution is -2.29. The van der Waals surface area contributed by atoms with Crippen molar-refractivity contribution in [3.05, 3.63) is 101 Å². The van der Waals surface area contributed by atoms with E-state index in [0.29, 0.717) is 17.9 Å². The number of rotatable bonds is 7. The predicted molar refractivity (Wildman–Crippen MR) is 114 cm³/mol. The van der Waals surface area contributed by atoms with Gasteiger partial charge in [-0.05, 0) is 49.1 Å². The highest BCUT2D eigenvalue weighted by atomic mass is 16.5. The number of ether oxygens (including phenoxy) is 1. The Hall–Kier alpha value is -3.07. The lowest BCUT2D eigenvalue weighted by molar-refractivity contribution is 0.0931. The molecule has 0 aliphatic carbocycles. The average molecular weight is 373 g/mol. The molecule has 0 saturated heterocycles. The molecule has 0 heterocycles. The first-order valence-corrected chi connectivity index (χ1v) is 9.72. The number of aryl methyl sites for hydroxylation is 2. The summed E-state index contributed by atoms with van der Waals surface area (Å²) in [7, 11) is 0. The van der Waals surface area contributed by atoms with Crippen LogP contribution in [0.4, 0.5) is 0 Å². The smallest absolute Gasteiger partial charge is 0.255 e. The van der Waals surface area contributed by atoms with Gasteiger partial charge in [0.25, 0.3) is 5.91 Å². The van der Waals surface area contributed by atoms with Crippen molar-refractivity contribution in [3.8, 4) is 5.75 Å². The van der Waals surface area contributed by atoms with E-state index in [0.717, 1.165) is 17.5 Å². The summed E-state index contributed by atoms with van der Waals surface area (Å²) < 4.78 is 5.94. The van der Waals surface area contributed by atoms with E-state index >= 15 is 0 Å². The molecule has 0 bridgehead atoms. The molecule has 0 unspecified atom stereocenters. The Bertz CT molecular complexity index is 934. The summed E-state index contributed by atoms with van der Waals surface area (Å²) in [6, 6.07) is 23.7. The Morgan fingerprint density at radius 3 is 2.39 bits per heavy atom. The molecule has 3 aromatic rings. The zero-order chi connectivity index (χ0) is 19.9. The fraction of sp³-hybridized carbons (Fsp3) is 0.240. The maximum absolute atomic E-state index is 13.0. The maximum Gasteiger partial charge on any atom is 0.255 e. The molecule has 3 aromatic carbocycles. The van der Waals surface area contributed by atoms with Gasteiger partial charge in [0, 0.05) is 0 Å². The van der Waals surface area contributed by atoms with Crippen molar-refractivity contribution >= 4 is 5.91 Å². The van der Waals surface area contributed by atoms with E-state index < -0.39 is 0 Å². The SMILES string of the molecule is CC[C@@H](NC(=O)c1ccccc1OCc1ccccc1)c1ccc(C)cc1C. The lowest BCUT2D eigenvalue weighted by atomic mass is 9.97. The summed E-state index contributed by atoms with van der Waals surface area (Å²) >= 11 is 0. The van der Waals surface area contributed by atoms with Crippen LogP contribution in [0.1, 0.15) is 52.0 Å². The number of benzene rings is 3. The molecule has 3 heteroatoms. The molecular formula is C25H27NO2. The Kier molecular flexibility index (Phi) is 6.49. The van der Waals surface area contributed by atoms with Crippen LogP contribution in [0.2, 0.25) is 0 Å². The molecule has 0 spiro atoms. The first kappa shape index (κ1) is 19.7. The number of para-hydroxylation sites is 1. The second-order valence-electron chi connectivity index (χ2n) is 7.06. The number of carbonyl (C=O) groups excluding carboxylic acids is 1. The van der Waals surface area contributed by atoms with Gasteiger partial charge in [-0.15, -0.1) is 0 Å². The Labute approximate surface area is 167 Å². The normalized spacial score (nSPS) is 11.7. The quantitative estimate of drug-likeness (QED) is 0.571. The molecule has 0 aromatic heterocycles.